The minimum absolute atomic E-state index is 0.0703. The number of aryl methyl sites for hydroxylation is 2. The number of likely N-dealkylation sites (tertiary alicyclic amines) is 1. The molecule has 0 unspecified atom stereocenters. The average Bonchev–Trinajstić information content (AvgIpc) is 2.88. The van der Waals surface area contributed by atoms with Gasteiger partial charge < -0.3 is 9.64 Å². The Morgan fingerprint density at radius 1 is 1.07 bits per heavy atom. The summed E-state index contributed by atoms with van der Waals surface area (Å²) in [6, 6.07) is 0. The van der Waals surface area contributed by atoms with Gasteiger partial charge in [0.2, 0.25) is 0 Å². The highest BCUT2D eigenvalue weighted by atomic mass is 32.1. The summed E-state index contributed by atoms with van der Waals surface area (Å²) in [5.41, 5.74) is 0.534. The van der Waals surface area contributed by atoms with Gasteiger partial charge >= 0.3 is 5.97 Å². The monoisotopic (exact) mass is 403 g/mol. The number of thiophene rings is 1. The standard InChI is InChI=1S/C20H25N3O4S/c1-13-16-18(21-14-8-4-2-7-11-23(14)19(16)25)28-17(13)20(26)27-12-15(24)22-9-5-3-6-10-22/h2-12H2,1H3. The van der Waals surface area contributed by atoms with Crippen molar-refractivity contribution in [2.75, 3.05) is 19.7 Å². The third kappa shape index (κ3) is 3.57. The van der Waals surface area contributed by atoms with E-state index in [1.807, 2.05) is 0 Å². The number of carbonyl (C=O) groups is 2. The van der Waals surface area contributed by atoms with Crippen molar-refractivity contribution in [3.63, 3.8) is 0 Å². The van der Waals surface area contributed by atoms with Crippen molar-refractivity contribution in [1.29, 1.82) is 0 Å². The normalized spacial score (nSPS) is 17.2. The molecule has 0 spiro atoms. The van der Waals surface area contributed by atoms with E-state index in [2.05, 4.69) is 4.98 Å². The molecule has 4 rings (SSSR count). The van der Waals surface area contributed by atoms with E-state index in [-0.39, 0.29) is 18.1 Å². The summed E-state index contributed by atoms with van der Waals surface area (Å²) < 4.78 is 7.04. The smallest absolute Gasteiger partial charge is 0.349 e. The van der Waals surface area contributed by atoms with Gasteiger partial charge in [-0.1, -0.05) is 6.42 Å². The van der Waals surface area contributed by atoms with Crippen molar-refractivity contribution >= 4 is 33.4 Å². The number of carbonyl (C=O) groups excluding carboxylic acids is 2. The third-order valence-electron chi connectivity index (χ3n) is 5.63. The van der Waals surface area contributed by atoms with Crippen molar-refractivity contribution in [2.45, 2.75) is 58.4 Å². The SMILES string of the molecule is Cc1c(C(=O)OCC(=O)N2CCCCC2)sc2nc3n(c(=O)c12)CCCCC3. The highest BCUT2D eigenvalue weighted by Crippen LogP contribution is 2.29. The number of fused-ring (bicyclic) bond motifs is 2. The van der Waals surface area contributed by atoms with Crippen molar-refractivity contribution in [3.8, 4) is 0 Å². The minimum Gasteiger partial charge on any atom is -0.451 e. The molecule has 2 aromatic heterocycles. The lowest BCUT2D eigenvalue weighted by Crippen LogP contribution is -2.38. The van der Waals surface area contributed by atoms with E-state index in [4.69, 9.17) is 4.74 Å². The van der Waals surface area contributed by atoms with Gasteiger partial charge in [-0.3, -0.25) is 14.2 Å². The molecule has 2 aliphatic heterocycles. The molecule has 1 amide bonds. The molecule has 0 radical (unpaired) electrons. The third-order valence-corrected chi connectivity index (χ3v) is 6.80. The fraction of sp³-hybridized carbons (Fsp3) is 0.600. The molecule has 28 heavy (non-hydrogen) atoms. The van der Waals surface area contributed by atoms with Gasteiger partial charge in [0, 0.05) is 26.1 Å². The van der Waals surface area contributed by atoms with Crippen LogP contribution in [-0.4, -0.2) is 46.0 Å². The Labute approximate surface area is 167 Å². The number of hydrogen-bond acceptors (Lipinski definition) is 6. The molecular weight excluding hydrogens is 378 g/mol. The van der Waals surface area contributed by atoms with Crippen molar-refractivity contribution in [1.82, 2.24) is 14.5 Å². The second-order valence-electron chi connectivity index (χ2n) is 7.55. The fourth-order valence-corrected chi connectivity index (χ4v) is 5.12. The van der Waals surface area contributed by atoms with E-state index in [1.54, 1.807) is 16.4 Å². The number of esters is 1. The Balaban J connectivity index is 1.56. The topological polar surface area (TPSA) is 81.5 Å². The molecule has 0 bridgehead atoms. The summed E-state index contributed by atoms with van der Waals surface area (Å²) in [4.78, 5) is 45.2. The molecule has 2 aliphatic rings. The summed E-state index contributed by atoms with van der Waals surface area (Å²) in [6.07, 6.45) is 7.00. The number of aromatic nitrogens is 2. The number of rotatable bonds is 3. The van der Waals surface area contributed by atoms with E-state index < -0.39 is 5.97 Å². The second kappa shape index (κ2) is 8.03. The lowest BCUT2D eigenvalue weighted by atomic mass is 10.1. The first kappa shape index (κ1) is 19.1. The largest absolute Gasteiger partial charge is 0.451 e. The Morgan fingerprint density at radius 3 is 2.57 bits per heavy atom. The van der Waals surface area contributed by atoms with E-state index >= 15 is 0 Å². The average molecular weight is 404 g/mol. The molecule has 2 aromatic rings. The van der Waals surface area contributed by atoms with Crippen LogP contribution in [0.4, 0.5) is 0 Å². The molecule has 1 fully saturated rings. The van der Waals surface area contributed by atoms with Crippen molar-refractivity contribution in [2.24, 2.45) is 0 Å². The van der Waals surface area contributed by atoms with Crippen LogP contribution in [0.3, 0.4) is 0 Å². The number of hydrogen-bond donors (Lipinski definition) is 0. The maximum atomic E-state index is 13.0. The Kier molecular flexibility index (Phi) is 5.48. The highest BCUT2D eigenvalue weighted by molar-refractivity contribution is 7.20. The van der Waals surface area contributed by atoms with Crippen molar-refractivity contribution < 1.29 is 14.3 Å². The number of ether oxygens (including phenoxy) is 1. The maximum absolute atomic E-state index is 13.0. The van der Waals surface area contributed by atoms with Crippen LogP contribution in [0, 0.1) is 6.92 Å². The lowest BCUT2D eigenvalue weighted by Gasteiger charge is -2.26. The van der Waals surface area contributed by atoms with Gasteiger partial charge in [0.15, 0.2) is 6.61 Å². The Bertz CT molecular complexity index is 972. The molecule has 7 nitrogen and oxygen atoms in total. The lowest BCUT2D eigenvalue weighted by molar-refractivity contribution is -0.135. The minimum atomic E-state index is -0.551. The first-order valence-corrected chi connectivity index (χ1v) is 10.9. The maximum Gasteiger partial charge on any atom is 0.349 e. The van der Waals surface area contributed by atoms with Crippen molar-refractivity contribution in [3.05, 3.63) is 26.6 Å². The van der Waals surface area contributed by atoms with Gasteiger partial charge in [0.1, 0.15) is 15.5 Å². The summed E-state index contributed by atoms with van der Waals surface area (Å²) in [6.45, 7) is 3.63. The zero-order valence-corrected chi connectivity index (χ0v) is 17.0. The Hall–Kier alpha value is -2.22. The molecule has 150 valence electrons. The van der Waals surface area contributed by atoms with E-state index in [0.717, 1.165) is 63.9 Å². The van der Waals surface area contributed by atoms with Gasteiger partial charge in [0.05, 0.1) is 5.39 Å². The van der Waals surface area contributed by atoms with Gasteiger partial charge in [-0.25, -0.2) is 9.78 Å². The molecule has 0 saturated carbocycles. The molecule has 0 aliphatic carbocycles. The van der Waals surface area contributed by atoms with E-state index in [1.165, 1.54) is 11.3 Å². The number of amides is 1. The van der Waals surface area contributed by atoms with Crippen LogP contribution in [0.1, 0.15) is 59.6 Å². The number of piperidine rings is 1. The summed E-state index contributed by atoms with van der Waals surface area (Å²) in [7, 11) is 0. The van der Waals surface area contributed by atoms with Gasteiger partial charge in [-0.2, -0.15) is 0 Å². The molecule has 1 saturated heterocycles. The summed E-state index contributed by atoms with van der Waals surface area (Å²) >= 11 is 1.19. The van der Waals surface area contributed by atoms with Crippen LogP contribution < -0.4 is 5.56 Å². The van der Waals surface area contributed by atoms with Gasteiger partial charge in [-0.15, -0.1) is 11.3 Å². The zero-order valence-electron chi connectivity index (χ0n) is 16.2. The van der Waals surface area contributed by atoms with Crippen LogP contribution in [-0.2, 0) is 22.5 Å². The molecule has 0 aromatic carbocycles. The molecular formula is C20H25N3O4S. The van der Waals surface area contributed by atoms with Crippen LogP contribution in [0.5, 0.6) is 0 Å². The molecule has 8 heteroatoms. The highest BCUT2D eigenvalue weighted by Gasteiger charge is 2.24. The summed E-state index contributed by atoms with van der Waals surface area (Å²) in [5, 5.41) is 0.505. The van der Waals surface area contributed by atoms with E-state index in [9.17, 15) is 14.4 Å². The van der Waals surface area contributed by atoms with E-state index in [0.29, 0.717) is 27.2 Å². The molecule has 4 heterocycles. The van der Waals surface area contributed by atoms with Gasteiger partial charge in [0.25, 0.3) is 11.5 Å². The second-order valence-corrected chi connectivity index (χ2v) is 8.55. The molecule has 0 atom stereocenters. The zero-order chi connectivity index (χ0) is 19.7. The first-order valence-electron chi connectivity index (χ1n) is 10.0. The quantitative estimate of drug-likeness (QED) is 0.736. The summed E-state index contributed by atoms with van der Waals surface area (Å²) in [5.74, 6) is 0.0959. The molecule has 0 N–H and O–H groups in total. The number of nitrogens with zero attached hydrogens (tertiary/aromatic N) is 3. The van der Waals surface area contributed by atoms with Crippen LogP contribution in [0.2, 0.25) is 0 Å². The van der Waals surface area contributed by atoms with Crippen LogP contribution in [0.15, 0.2) is 4.79 Å². The predicted octanol–water partition coefficient (Wildman–Crippen LogP) is 2.66. The first-order chi connectivity index (χ1) is 13.6. The van der Waals surface area contributed by atoms with Gasteiger partial charge in [-0.05, 0) is 44.6 Å². The Morgan fingerprint density at radius 2 is 1.79 bits per heavy atom. The van der Waals surface area contributed by atoms with Crippen LogP contribution in [0.25, 0.3) is 10.2 Å². The predicted molar refractivity (Wildman–Crippen MR) is 107 cm³/mol. The van der Waals surface area contributed by atoms with Crippen LogP contribution >= 0.6 is 11.3 Å². The fourth-order valence-electron chi connectivity index (χ4n) is 4.03.